The summed E-state index contributed by atoms with van der Waals surface area (Å²) in [7, 11) is 0. The number of amides is 1. The summed E-state index contributed by atoms with van der Waals surface area (Å²) in [5.41, 5.74) is 7.78. The molecule has 0 saturated carbocycles. The number of carbonyl (C=O) groups excluding carboxylic acids is 1. The van der Waals surface area contributed by atoms with Crippen LogP contribution in [0.2, 0.25) is 0 Å². The van der Waals surface area contributed by atoms with Gasteiger partial charge in [-0.25, -0.2) is 0 Å². The Morgan fingerprint density at radius 2 is 2.00 bits per heavy atom. The Bertz CT molecular complexity index is 383. The number of hydrogen-bond acceptors (Lipinski definition) is 3. The number of halogens is 1. The summed E-state index contributed by atoms with van der Waals surface area (Å²) in [4.78, 5) is 11.5. The number of nitrogens with one attached hydrogen (secondary N) is 1. The Balaban J connectivity index is 0.00000324. The SMILES string of the molecule is CCOCc1ccccc1CNC(=O)CC(C)N.Cl. The lowest BCUT2D eigenvalue weighted by atomic mass is 10.1. The van der Waals surface area contributed by atoms with E-state index in [0.717, 1.165) is 11.1 Å². The van der Waals surface area contributed by atoms with Crippen LogP contribution in [0.25, 0.3) is 0 Å². The molecule has 0 aliphatic rings. The van der Waals surface area contributed by atoms with Crippen molar-refractivity contribution in [1.82, 2.24) is 5.32 Å². The Morgan fingerprint density at radius 3 is 2.58 bits per heavy atom. The van der Waals surface area contributed by atoms with E-state index in [-0.39, 0.29) is 24.4 Å². The van der Waals surface area contributed by atoms with Gasteiger partial charge in [0.05, 0.1) is 6.61 Å². The van der Waals surface area contributed by atoms with Crippen LogP contribution in [0.15, 0.2) is 24.3 Å². The van der Waals surface area contributed by atoms with Crippen LogP contribution in [-0.2, 0) is 22.7 Å². The Kier molecular flexibility index (Phi) is 9.21. The van der Waals surface area contributed by atoms with Crippen molar-refractivity contribution in [2.24, 2.45) is 5.73 Å². The lowest BCUT2D eigenvalue weighted by molar-refractivity contribution is -0.121. The topological polar surface area (TPSA) is 64.3 Å². The molecule has 0 aromatic heterocycles. The molecule has 4 nitrogen and oxygen atoms in total. The highest BCUT2D eigenvalue weighted by molar-refractivity contribution is 5.85. The zero-order valence-electron chi connectivity index (χ0n) is 11.5. The minimum absolute atomic E-state index is 0. The second-order valence-electron chi connectivity index (χ2n) is 4.36. The summed E-state index contributed by atoms with van der Waals surface area (Å²) in [6.07, 6.45) is 0.355. The molecule has 0 fully saturated rings. The molecule has 0 saturated heterocycles. The molecule has 1 aromatic carbocycles. The fourth-order valence-corrected chi connectivity index (χ4v) is 1.64. The molecule has 0 radical (unpaired) electrons. The number of carbonyl (C=O) groups is 1. The van der Waals surface area contributed by atoms with Gasteiger partial charge in [-0.3, -0.25) is 4.79 Å². The predicted octanol–water partition coefficient (Wildman–Crippen LogP) is 2.00. The van der Waals surface area contributed by atoms with E-state index in [1.807, 2.05) is 38.1 Å². The number of rotatable bonds is 7. The van der Waals surface area contributed by atoms with Gasteiger partial charge in [0, 0.05) is 25.6 Å². The maximum atomic E-state index is 11.5. The molecule has 1 aromatic rings. The largest absolute Gasteiger partial charge is 0.377 e. The van der Waals surface area contributed by atoms with E-state index in [1.54, 1.807) is 0 Å². The predicted molar refractivity (Wildman–Crippen MR) is 79.1 cm³/mol. The molecule has 0 aliphatic carbocycles. The van der Waals surface area contributed by atoms with Crippen molar-refractivity contribution in [2.75, 3.05) is 6.61 Å². The van der Waals surface area contributed by atoms with E-state index in [1.165, 1.54) is 0 Å². The molecule has 108 valence electrons. The van der Waals surface area contributed by atoms with Crippen molar-refractivity contribution < 1.29 is 9.53 Å². The van der Waals surface area contributed by atoms with Crippen molar-refractivity contribution in [1.29, 1.82) is 0 Å². The standard InChI is InChI=1S/C14H22N2O2.ClH/c1-3-18-10-13-7-5-4-6-12(13)9-16-14(17)8-11(2)15;/h4-7,11H,3,8-10,15H2,1-2H3,(H,16,17);1H. The molecule has 5 heteroatoms. The second kappa shape index (κ2) is 9.78. The van der Waals surface area contributed by atoms with E-state index in [4.69, 9.17) is 10.5 Å². The van der Waals surface area contributed by atoms with Crippen LogP contribution in [0, 0.1) is 0 Å². The normalized spacial score (nSPS) is 11.5. The molecule has 1 amide bonds. The van der Waals surface area contributed by atoms with Crippen LogP contribution in [0.1, 0.15) is 31.4 Å². The quantitative estimate of drug-likeness (QED) is 0.806. The zero-order valence-corrected chi connectivity index (χ0v) is 12.3. The van der Waals surface area contributed by atoms with Crippen LogP contribution in [0.3, 0.4) is 0 Å². The van der Waals surface area contributed by atoms with Gasteiger partial charge in [0.25, 0.3) is 0 Å². The summed E-state index contributed by atoms with van der Waals surface area (Å²) in [6.45, 7) is 5.58. The van der Waals surface area contributed by atoms with Gasteiger partial charge >= 0.3 is 0 Å². The molecule has 1 rings (SSSR count). The molecule has 1 unspecified atom stereocenters. The number of benzene rings is 1. The Hall–Kier alpha value is -1.10. The van der Waals surface area contributed by atoms with Gasteiger partial charge in [-0.05, 0) is 25.0 Å². The van der Waals surface area contributed by atoms with Gasteiger partial charge in [0.15, 0.2) is 0 Å². The number of ether oxygens (including phenoxy) is 1. The average molecular weight is 287 g/mol. The van der Waals surface area contributed by atoms with E-state index >= 15 is 0 Å². The minimum atomic E-state index is -0.108. The van der Waals surface area contributed by atoms with Crippen molar-refractivity contribution in [3.63, 3.8) is 0 Å². The minimum Gasteiger partial charge on any atom is -0.377 e. The summed E-state index contributed by atoms with van der Waals surface area (Å²) in [5, 5.41) is 2.87. The third-order valence-corrected chi connectivity index (χ3v) is 2.56. The molecule has 0 aliphatic heterocycles. The first kappa shape index (κ1) is 17.9. The average Bonchev–Trinajstić information content (AvgIpc) is 2.34. The summed E-state index contributed by atoms with van der Waals surface area (Å²) in [5.74, 6) is -0.0174. The first-order valence-electron chi connectivity index (χ1n) is 6.30. The van der Waals surface area contributed by atoms with Crippen molar-refractivity contribution in [3.05, 3.63) is 35.4 Å². The smallest absolute Gasteiger partial charge is 0.221 e. The molecule has 0 spiro atoms. The third-order valence-electron chi connectivity index (χ3n) is 2.56. The monoisotopic (exact) mass is 286 g/mol. The number of hydrogen-bond donors (Lipinski definition) is 2. The first-order valence-corrected chi connectivity index (χ1v) is 6.30. The van der Waals surface area contributed by atoms with E-state index in [0.29, 0.717) is 26.2 Å². The van der Waals surface area contributed by atoms with Gasteiger partial charge < -0.3 is 15.8 Å². The van der Waals surface area contributed by atoms with Gasteiger partial charge in [0.1, 0.15) is 0 Å². The first-order chi connectivity index (χ1) is 8.63. The van der Waals surface area contributed by atoms with Crippen molar-refractivity contribution in [2.45, 2.75) is 39.5 Å². The highest BCUT2D eigenvalue weighted by atomic mass is 35.5. The van der Waals surface area contributed by atoms with Gasteiger partial charge in [0.2, 0.25) is 5.91 Å². The summed E-state index contributed by atoms with van der Waals surface area (Å²) in [6, 6.07) is 7.84. The van der Waals surface area contributed by atoms with Crippen LogP contribution in [0.5, 0.6) is 0 Å². The summed E-state index contributed by atoms with van der Waals surface area (Å²) < 4.78 is 5.40. The molecule has 19 heavy (non-hydrogen) atoms. The lowest BCUT2D eigenvalue weighted by Crippen LogP contribution is -2.29. The van der Waals surface area contributed by atoms with Gasteiger partial charge in [-0.15, -0.1) is 12.4 Å². The van der Waals surface area contributed by atoms with E-state index < -0.39 is 0 Å². The fraction of sp³-hybridized carbons (Fsp3) is 0.500. The summed E-state index contributed by atoms with van der Waals surface area (Å²) >= 11 is 0. The fourth-order valence-electron chi connectivity index (χ4n) is 1.64. The van der Waals surface area contributed by atoms with Gasteiger partial charge in [-0.2, -0.15) is 0 Å². The second-order valence-corrected chi connectivity index (χ2v) is 4.36. The van der Waals surface area contributed by atoms with E-state index in [9.17, 15) is 4.79 Å². The van der Waals surface area contributed by atoms with Crippen LogP contribution >= 0.6 is 12.4 Å². The zero-order chi connectivity index (χ0) is 13.4. The van der Waals surface area contributed by atoms with Crippen molar-refractivity contribution in [3.8, 4) is 0 Å². The Labute approximate surface area is 121 Å². The Morgan fingerprint density at radius 1 is 1.37 bits per heavy atom. The van der Waals surface area contributed by atoms with Crippen LogP contribution in [0.4, 0.5) is 0 Å². The maximum absolute atomic E-state index is 11.5. The molecular formula is C14H23ClN2O2. The molecule has 0 heterocycles. The van der Waals surface area contributed by atoms with E-state index in [2.05, 4.69) is 5.32 Å². The lowest BCUT2D eigenvalue weighted by Gasteiger charge is -2.11. The van der Waals surface area contributed by atoms with Crippen molar-refractivity contribution >= 4 is 18.3 Å². The maximum Gasteiger partial charge on any atom is 0.221 e. The highest BCUT2D eigenvalue weighted by Gasteiger charge is 2.06. The van der Waals surface area contributed by atoms with Crippen LogP contribution < -0.4 is 11.1 Å². The molecule has 1 atom stereocenters. The highest BCUT2D eigenvalue weighted by Crippen LogP contribution is 2.10. The van der Waals surface area contributed by atoms with Crippen LogP contribution in [-0.4, -0.2) is 18.6 Å². The molecule has 3 N–H and O–H groups in total. The number of nitrogens with two attached hydrogens (primary N) is 1. The third kappa shape index (κ3) is 7.15. The molecular weight excluding hydrogens is 264 g/mol. The molecule has 0 bridgehead atoms. The van der Waals surface area contributed by atoms with Gasteiger partial charge in [-0.1, -0.05) is 24.3 Å².